The summed E-state index contributed by atoms with van der Waals surface area (Å²) in [5, 5.41) is 4.68. The number of amides is 5. The summed E-state index contributed by atoms with van der Waals surface area (Å²) in [5.74, 6) is -2.41. The fourth-order valence-electron chi connectivity index (χ4n) is 16.8. The molecule has 0 bridgehead atoms. The van der Waals surface area contributed by atoms with Crippen LogP contribution in [0.3, 0.4) is 0 Å². The third-order valence-electron chi connectivity index (χ3n) is 23.8. The predicted molar refractivity (Wildman–Crippen MR) is 539 cm³/mol. The van der Waals surface area contributed by atoms with Gasteiger partial charge in [0.15, 0.2) is 11.3 Å². The van der Waals surface area contributed by atoms with E-state index in [2.05, 4.69) is 78.2 Å². The molecule has 706 valence electrons. The van der Waals surface area contributed by atoms with Crippen molar-refractivity contribution in [1.29, 1.82) is 0 Å². The molecular formula is C110H84ClF5N22O5. The van der Waals surface area contributed by atoms with Gasteiger partial charge in [0.05, 0.1) is 52.3 Å². The van der Waals surface area contributed by atoms with E-state index < -0.39 is 29.5 Å². The van der Waals surface area contributed by atoms with Crippen LogP contribution in [0.25, 0.3) is 132 Å². The number of halogens is 6. The van der Waals surface area contributed by atoms with Crippen molar-refractivity contribution in [1.82, 2.24) is 82.6 Å². The van der Waals surface area contributed by atoms with E-state index in [1.165, 1.54) is 60.7 Å². The van der Waals surface area contributed by atoms with Gasteiger partial charge < -0.3 is 51.5 Å². The highest BCUT2D eigenvalue weighted by atomic mass is 35.5. The molecule has 22 aromatic rings. The summed E-state index contributed by atoms with van der Waals surface area (Å²) in [6.07, 6.45) is 17.8. The number of hydrogen-bond acceptors (Lipinski definition) is 17. The number of fused-ring (bicyclic) bond motifs is 7. The summed E-state index contributed by atoms with van der Waals surface area (Å²) in [6, 6.07) is 75.8. The van der Waals surface area contributed by atoms with Crippen molar-refractivity contribution in [3.8, 4) is 55.6 Å². The Kier molecular flexibility index (Phi) is 27.4. The van der Waals surface area contributed by atoms with E-state index in [1.54, 1.807) is 145 Å². The highest BCUT2D eigenvalue weighted by Gasteiger charge is 2.22. The first-order valence-corrected chi connectivity index (χ1v) is 45.1. The van der Waals surface area contributed by atoms with Gasteiger partial charge in [0.1, 0.15) is 74.7 Å². The minimum absolute atomic E-state index is 0.152. The van der Waals surface area contributed by atoms with E-state index in [-0.39, 0.29) is 57.6 Å². The quantitative estimate of drug-likeness (QED) is 0.0417. The molecule has 143 heavy (non-hydrogen) atoms. The van der Waals surface area contributed by atoms with Crippen molar-refractivity contribution in [2.75, 3.05) is 0 Å². The normalized spacial score (nSPS) is 11.2. The number of imidazole rings is 5. The van der Waals surface area contributed by atoms with Crippen LogP contribution in [0.1, 0.15) is 112 Å². The zero-order chi connectivity index (χ0) is 99.8. The number of rotatable bonds is 21. The molecule has 0 atom stereocenters. The number of benzene rings is 10. The highest BCUT2D eigenvalue weighted by Crippen LogP contribution is 2.38. The van der Waals surface area contributed by atoms with Crippen LogP contribution in [0, 0.1) is 36.0 Å². The van der Waals surface area contributed by atoms with Gasteiger partial charge in [0.2, 0.25) is 5.28 Å². The number of pyridine rings is 7. The van der Waals surface area contributed by atoms with E-state index in [1.807, 2.05) is 148 Å². The second kappa shape index (κ2) is 41.4. The minimum atomic E-state index is -0.622. The lowest BCUT2D eigenvalue weighted by molar-refractivity contribution is 0.0987. The Labute approximate surface area is 817 Å². The van der Waals surface area contributed by atoms with Gasteiger partial charge in [-0.1, -0.05) is 135 Å². The summed E-state index contributed by atoms with van der Waals surface area (Å²) < 4.78 is 76.6. The van der Waals surface area contributed by atoms with E-state index in [9.17, 15) is 45.9 Å². The topological polar surface area (TPSA) is 395 Å². The van der Waals surface area contributed by atoms with Gasteiger partial charge >= 0.3 is 0 Å². The number of aryl methyl sites for hydroxylation is 1. The van der Waals surface area contributed by atoms with Gasteiger partial charge in [-0.15, -0.1) is 0 Å². The first kappa shape index (κ1) is 94.8. The summed E-state index contributed by atoms with van der Waals surface area (Å²) in [6.45, 7) is 9.10. The second-order valence-corrected chi connectivity index (χ2v) is 34.2. The van der Waals surface area contributed by atoms with Crippen molar-refractivity contribution >= 4 is 118 Å². The Bertz CT molecular complexity index is 8230. The van der Waals surface area contributed by atoms with Crippen LogP contribution in [-0.4, -0.2) is 112 Å². The molecule has 27 nitrogen and oxygen atoms in total. The summed E-state index contributed by atoms with van der Waals surface area (Å²) in [4.78, 5) is 111. The number of carbonyl (C=O) groups excluding carboxylic acids is 5. The molecule has 0 aliphatic heterocycles. The second-order valence-electron chi connectivity index (χ2n) is 33.8. The first-order chi connectivity index (χ1) is 69.1. The van der Waals surface area contributed by atoms with Crippen molar-refractivity contribution in [2.45, 2.75) is 59.4 Å². The molecule has 0 aliphatic rings. The molecule has 0 aliphatic carbocycles. The van der Waals surface area contributed by atoms with Gasteiger partial charge in [-0.25, -0.2) is 81.8 Å². The molecule has 0 fully saturated rings. The lowest BCUT2D eigenvalue weighted by atomic mass is 9.98. The van der Waals surface area contributed by atoms with Crippen molar-refractivity contribution in [3.63, 3.8) is 0 Å². The summed E-state index contributed by atoms with van der Waals surface area (Å²) in [7, 11) is 0. The number of nitrogens with zero attached hydrogens (tertiary/aromatic N) is 17. The predicted octanol–water partition coefficient (Wildman–Crippen LogP) is 20.1. The number of carbonyl (C=O) groups is 5. The Morgan fingerprint density at radius 2 is 0.601 bits per heavy atom. The molecule has 22 rings (SSSR count). The maximum atomic E-state index is 13.4. The molecule has 0 saturated carbocycles. The molecular weight excluding hydrogens is 1840 g/mol. The molecule has 33 heteroatoms. The van der Waals surface area contributed by atoms with E-state index >= 15 is 0 Å². The monoisotopic (exact) mass is 1920 g/mol. The highest BCUT2D eigenvalue weighted by molar-refractivity contribution is 6.28. The van der Waals surface area contributed by atoms with Crippen LogP contribution >= 0.6 is 11.6 Å². The average molecular weight is 1920 g/mol. The molecule has 0 saturated heterocycles. The molecule has 10 N–H and O–H groups in total. The fourth-order valence-corrected chi connectivity index (χ4v) is 17.0. The summed E-state index contributed by atoms with van der Waals surface area (Å²) in [5.41, 5.74) is 47.6. The maximum absolute atomic E-state index is 13.4. The van der Waals surface area contributed by atoms with Crippen molar-refractivity contribution in [3.05, 3.63) is 431 Å². The van der Waals surface area contributed by atoms with Gasteiger partial charge in [-0.3, -0.25) is 24.0 Å². The Morgan fingerprint density at radius 1 is 0.301 bits per heavy atom. The average Bonchev–Trinajstić information content (AvgIpc) is 1.03. The third-order valence-corrected chi connectivity index (χ3v) is 24.1. The molecule has 0 unspecified atom stereocenters. The molecule has 5 amide bonds. The van der Waals surface area contributed by atoms with Crippen LogP contribution in [0.5, 0.6) is 0 Å². The third kappa shape index (κ3) is 21.6. The Morgan fingerprint density at radius 3 is 0.937 bits per heavy atom. The fraction of sp³-hybridized carbons (Fsp3) is 0.0818. The van der Waals surface area contributed by atoms with Crippen molar-refractivity contribution in [2.24, 2.45) is 28.7 Å². The molecule has 12 heterocycles. The number of primary amides is 5. The Balaban J connectivity index is 0.000000118. The minimum Gasteiger partial charge on any atom is -0.364 e. The van der Waals surface area contributed by atoms with Crippen LogP contribution < -0.4 is 28.7 Å². The smallest absolute Gasteiger partial charge is 0.267 e. The largest absolute Gasteiger partial charge is 0.364 e. The zero-order valence-corrected chi connectivity index (χ0v) is 77.3. The lowest BCUT2D eigenvalue weighted by Crippen LogP contribution is -2.13. The summed E-state index contributed by atoms with van der Waals surface area (Å²) >= 11 is 6.04. The van der Waals surface area contributed by atoms with Gasteiger partial charge in [0, 0.05) is 109 Å². The number of hydrogen-bond donors (Lipinski definition) is 5. The van der Waals surface area contributed by atoms with Gasteiger partial charge in [-0.2, -0.15) is 0 Å². The van der Waals surface area contributed by atoms with Crippen LogP contribution in [0.2, 0.25) is 5.28 Å². The van der Waals surface area contributed by atoms with E-state index in [0.717, 1.165) is 139 Å². The zero-order valence-electron chi connectivity index (χ0n) is 76.6. The van der Waals surface area contributed by atoms with Crippen LogP contribution in [0.15, 0.2) is 329 Å². The molecule has 0 spiro atoms. The Hall–Kier alpha value is -18.6. The molecule has 10 aromatic carbocycles. The standard InChI is InChI=1S/2C23H16FN5O.C23H21FN4O.C21H17FN4O.C20H14ClFN4O/c24-16-6-4-15(5-7-16)18-11-20(22(25)30)28-19-10-14(3-8-17(18)19)12-29-13-27-23-21(29)2-1-9-26-23;24-16-6-4-15(5-7-16)18-11-21(22(25)30)28-20-10-14(3-8-17(18)20)12-29-13-27-19-2-1-9-26-23(19)29;1-14(2)23-26-9-10-28(23)13-15-3-8-18-19(16-4-6-17(24)7-5-16)12-21(22(25)29)27-20(18)11-15;1-13-24-8-9-26(13)12-14-2-7-17-18(15-3-5-16(22)6-4-15)11-20(21(23)27)25-19(17)10-14;21-20-24-7-8-26(20)11-12-1-6-15-16(13-2-4-14(22)5-3-13)10-18(19(23)27)25-17(15)9-12/h2*1-11,13H,12H2,(H2,25,30);3-12,14H,13H2,1-2H3,(H2,25,29);2-11H,12H2,1H3,(H2,23,27);1-10H,11H2,(H2,23,27). The van der Waals surface area contributed by atoms with E-state index in [4.69, 9.17) is 40.3 Å². The number of aromatic nitrogens is 17. The lowest BCUT2D eigenvalue weighted by Gasteiger charge is -2.13. The molecule has 0 radical (unpaired) electrons. The van der Waals surface area contributed by atoms with E-state index in [0.29, 0.717) is 77.2 Å². The molecule has 12 aromatic heterocycles. The SMILES string of the molecule is CC(C)c1nccn1Cc1ccc2c(-c3ccc(F)cc3)cc(C(N)=O)nc2c1.Cc1nccn1Cc1ccc2c(-c3ccc(F)cc3)cc(C(N)=O)nc2c1.NC(=O)c1cc(-c2ccc(F)cc2)c2ccc(Cn3ccnc3Cl)cc2n1.NC(=O)c1cc(-c2ccc(F)cc2)c2ccc(Cn3cnc4cccnc43)cc2n1.NC(=O)c1cc(-c2ccc(F)cc2)c2ccc(Cn3cnc4ncccc43)cc2n1. The number of nitrogens with two attached hydrogens (primary N) is 5. The first-order valence-electron chi connectivity index (χ1n) is 44.8. The maximum Gasteiger partial charge on any atom is 0.267 e. The van der Waals surface area contributed by atoms with Gasteiger partial charge in [-0.05, 0) is 248 Å². The van der Waals surface area contributed by atoms with Crippen molar-refractivity contribution < 1.29 is 45.9 Å². The van der Waals surface area contributed by atoms with Gasteiger partial charge in [0.25, 0.3) is 29.5 Å². The van der Waals surface area contributed by atoms with Crippen LogP contribution in [-0.2, 0) is 32.7 Å². The van der Waals surface area contributed by atoms with Crippen LogP contribution in [0.4, 0.5) is 22.0 Å².